The number of hydrogen-bond donors (Lipinski definition) is 2. The highest BCUT2D eigenvalue weighted by Crippen LogP contribution is 2.01. The summed E-state index contributed by atoms with van der Waals surface area (Å²) < 4.78 is 4.57. The lowest BCUT2D eigenvalue weighted by molar-refractivity contribution is -0.115. The number of nitrogens with one attached hydrogen (secondary N) is 1. The molecular formula is C5H7N3O2. The predicted molar refractivity (Wildman–Crippen MR) is 34.2 cm³/mol. The van der Waals surface area contributed by atoms with Gasteiger partial charge in [-0.2, -0.15) is 0 Å². The van der Waals surface area contributed by atoms with Crippen LogP contribution in [0, 0.1) is 0 Å². The van der Waals surface area contributed by atoms with Crippen molar-refractivity contribution in [3.63, 3.8) is 0 Å². The molecule has 0 saturated heterocycles. The monoisotopic (exact) mass is 141 g/mol. The van der Waals surface area contributed by atoms with E-state index in [4.69, 9.17) is 5.73 Å². The molecule has 0 fully saturated rings. The standard InChI is InChI=1S/C5H7N3O2/c6-3-4(9)8-5-1-2-7-10-5/h1-2H,3,6H2,(H,8,9). The largest absolute Gasteiger partial charge is 0.338 e. The Kier molecular flexibility index (Phi) is 2.01. The summed E-state index contributed by atoms with van der Waals surface area (Å²) in [6.45, 7) is -0.0549. The Morgan fingerprint density at radius 3 is 3.20 bits per heavy atom. The number of hydrogen-bond acceptors (Lipinski definition) is 4. The molecular weight excluding hydrogens is 134 g/mol. The smallest absolute Gasteiger partial charge is 0.240 e. The second-order valence-corrected chi connectivity index (χ2v) is 1.63. The van der Waals surface area contributed by atoms with E-state index in [1.807, 2.05) is 0 Å². The summed E-state index contributed by atoms with van der Waals surface area (Å²) in [6.07, 6.45) is 1.44. The Bertz CT molecular complexity index is 207. The van der Waals surface area contributed by atoms with Gasteiger partial charge in [0.25, 0.3) is 0 Å². The molecule has 0 aliphatic carbocycles. The van der Waals surface area contributed by atoms with Gasteiger partial charge in [-0.3, -0.25) is 10.1 Å². The van der Waals surface area contributed by atoms with Crippen LogP contribution in [-0.2, 0) is 4.79 Å². The summed E-state index contributed by atoms with van der Waals surface area (Å²) in [7, 11) is 0. The molecule has 1 aromatic heterocycles. The molecule has 0 atom stereocenters. The molecule has 0 unspecified atom stereocenters. The van der Waals surface area contributed by atoms with Gasteiger partial charge in [-0.15, -0.1) is 0 Å². The average molecular weight is 141 g/mol. The van der Waals surface area contributed by atoms with Gasteiger partial charge in [0.05, 0.1) is 12.7 Å². The van der Waals surface area contributed by atoms with Crippen LogP contribution < -0.4 is 11.1 Å². The van der Waals surface area contributed by atoms with Crippen molar-refractivity contribution < 1.29 is 9.32 Å². The molecule has 0 bridgehead atoms. The molecule has 1 heterocycles. The number of rotatable bonds is 2. The molecule has 0 spiro atoms. The fourth-order valence-corrected chi connectivity index (χ4v) is 0.469. The first kappa shape index (κ1) is 6.76. The molecule has 5 heteroatoms. The van der Waals surface area contributed by atoms with E-state index < -0.39 is 0 Å². The fourth-order valence-electron chi connectivity index (χ4n) is 0.469. The van der Waals surface area contributed by atoms with Crippen LogP contribution in [0.5, 0.6) is 0 Å². The topological polar surface area (TPSA) is 81.2 Å². The number of amides is 1. The van der Waals surface area contributed by atoms with Crippen molar-refractivity contribution in [2.45, 2.75) is 0 Å². The normalized spacial score (nSPS) is 9.30. The third kappa shape index (κ3) is 1.56. The van der Waals surface area contributed by atoms with Crippen LogP contribution in [-0.4, -0.2) is 17.6 Å². The first-order valence-electron chi connectivity index (χ1n) is 2.73. The minimum Gasteiger partial charge on any atom is -0.338 e. The number of nitrogens with zero attached hydrogens (tertiary/aromatic N) is 1. The van der Waals surface area contributed by atoms with Gasteiger partial charge in [-0.25, -0.2) is 0 Å². The van der Waals surface area contributed by atoms with E-state index in [0.29, 0.717) is 5.88 Å². The lowest BCUT2D eigenvalue weighted by Gasteiger charge is -1.94. The maximum atomic E-state index is 10.6. The van der Waals surface area contributed by atoms with Gasteiger partial charge in [0.2, 0.25) is 11.8 Å². The van der Waals surface area contributed by atoms with Crippen LogP contribution in [0.15, 0.2) is 16.8 Å². The van der Waals surface area contributed by atoms with Crippen molar-refractivity contribution in [3.8, 4) is 0 Å². The maximum Gasteiger partial charge on any atom is 0.240 e. The molecule has 1 rings (SSSR count). The summed E-state index contributed by atoms with van der Waals surface area (Å²) >= 11 is 0. The van der Waals surface area contributed by atoms with Gasteiger partial charge in [0, 0.05) is 6.07 Å². The van der Waals surface area contributed by atoms with E-state index in [-0.39, 0.29) is 12.5 Å². The Labute approximate surface area is 57.2 Å². The first-order valence-corrected chi connectivity index (χ1v) is 2.73. The van der Waals surface area contributed by atoms with Crippen molar-refractivity contribution in [1.82, 2.24) is 5.16 Å². The van der Waals surface area contributed by atoms with E-state index in [9.17, 15) is 4.79 Å². The molecule has 1 aromatic rings. The third-order valence-corrected chi connectivity index (χ3v) is 0.886. The summed E-state index contributed by atoms with van der Waals surface area (Å²) in [5.41, 5.74) is 5.01. The van der Waals surface area contributed by atoms with Crippen LogP contribution in [0.2, 0.25) is 0 Å². The van der Waals surface area contributed by atoms with Crippen LogP contribution in [0.25, 0.3) is 0 Å². The lowest BCUT2D eigenvalue weighted by Crippen LogP contribution is -2.21. The van der Waals surface area contributed by atoms with Crippen molar-refractivity contribution in [1.29, 1.82) is 0 Å². The second-order valence-electron chi connectivity index (χ2n) is 1.63. The van der Waals surface area contributed by atoms with Crippen molar-refractivity contribution in [3.05, 3.63) is 12.3 Å². The van der Waals surface area contributed by atoms with Gasteiger partial charge in [-0.1, -0.05) is 5.16 Å². The Morgan fingerprint density at radius 1 is 1.90 bits per heavy atom. The van der Waals surface area contributed by atoms with Gasteiger partial charge in [0.1, 0.15) is 0 Å². The zero-order valence-corrected chi connectivity index (χ0v) is 5.20. The van der Waals surface area contributed by atoms with E-state index in [0.717, 1.165) is 0 Å². The Morgan fingerprint density at radius 2 is 2.70 bits per heavy atom. The maximum absolute atomic E-state index is 10.6. The summed E-state index contributed by atoms with van der Waals surface area (Å²) in [4.78, 5) is 10.6. The fraction of sp³-hybridized carbons (Fsp3) is 0.200. The highest BCUT2D eigenvalue weighted by molar-refractivity contribution is 5.90. The molecule has 0 saturated carbocycles. The number of anilines is 1. The van der Waals surface area contributed by atoms with E-state index in [1.165, 1.54) is 12.3 Å². The molecule has 3 N–H and O–H groups in total. The number of carbonyl (C=O) groups excluding carboxylic acids is 1. The zero-order valence-electron chi connectivity index (χ0n) is 5.20. The average Bonchev–Trinajstić information content (AvgIpc) is 2.40. The molecule has 0 aliphatic heterocycles. The number of aromatic nitrogens is 1. The van der Waals surface area contributed by atoms with E-state index >= 15 is 0 Å². The molecule has 0 radical (unpaired) electrons. The van der Waals surface area contributed by atoms with Gasteiger partial charge in [-0.05, 0) is 0 Å². The molecule has 0 aliphatic rings. The van der Waals surface area contributed by atoms with Crippen molar-refractivity contribution in [2.75, 3.05) is 11.9 Å². The van der Waals surface area contributed by atoms with Crippen molar-refractivity contribution >= 4 is 11.8 Å². The predicted octanol–water partition coefficient (Wildman–Crippen LogP) is -0.428. The highest BCUT2D eigenvalue weighted by atomic mass is 16.5. The highest BCUT2D eigenvalue weighted by Gasteiger charge is 1.99. The molecule has 10 heavy (non-hydrogen) atoms. The van der Waals surface area contributed by atoms with E-state index in [2.05, 4.69) is 15.0 Å². The molecule has 1 amide bonds. The van der Waals surface area contributed by atoms with Crippen LogP contribution >= 0.6 is 0 Å². The van der Waals surface area contributed by atoms with Gasteiger partial charge in [0.15, 0.2) is 0 Å². The third-order valence-electron chi connectivity index (χ3n) is 0.886. The van der Waals surface area contributed by atoms with E-state index in [1.54, 1.807) is 0 Å². The summed E-state index contributed by atoms with van der Waals surface area (Å²) in [6, 6.07) is 1.54. The van der Waals surface area contributed by atoms with Crippen LogP contribution in [0.3, 0.4) is 0 Å². The minimum absolute atomic E-state index is 0.0549. The quantitative estimate of drug-likeness (QED) is 0.585. The van der Waals surface area contributed by atoms with Crippen LogP contribution in [0.4, 0.5) is 5.88 Å². The minimum atomic E-state index is -0.295. The summed E-state index contributed by atoms with van der Waals surface area (Å²) in [5, 5.41) is 5.76. The SMILES string of the molecule is NCC(=O)Nc1ccno1. The summed E-state index contributed by atoms with van der Waals surface area (Å²) in [5.74, 6) is 0.0206. The zero-order chi connectivity index (χ0) is 7.40. The van der Waals surface area contributed by atoms with Crippen molar-refractivity contribution in [2.24, 2.45) is 5.73 Å². The molecule has 0 aromatic carbocycles. The Balaban J connectivity index is 2.48. The first-order chi connectivity index (χ1) is 4.83. The van der Waals surface area contributed by atoms with Crippen LogP contribution in [0.1, 0.15) is 0 Å². The van der Waals surface area contributed by atoms with Gasteiger partial charge >= 0.3 is 0 Å². The number of nitrogens with two attached hydrogens (primary N) is 1. The molecule has 54 valence electrons. The lowest BCUT2D eigenvalue weighted by atomic mass is 10.5. The number of carbonyl (C=O) groups is 1. The molecule has 5 nitrogen and oxygen atoms in total. The second kappa shape index (κ2) is 2.98. The van der Waals surface area contributed by atoms with Gasteiger partial charge < -0.3 is 10.3 Å². The Hall–Kier alpha value is -1.36.